The Hall–Kier alpha value is -1.94. The van der Waals surface area contributed by atoms with Gasteiger partial charge in [-0.25, -0.2) is 0 Å². The van der Waals surface area contributed by atoms with Crippen molar-refractivity contribution in [2.45, 2.75) is 6.54 Å². The van der Waals surface area contributed by atoms with Crippen molar-refractivity contribution in [3.8, 4) is 17.2 Å². The van der Waals surface area contributed by atoms with Crippen LogP contribution in [0, 0.1) is 0 Å². The van der Waals surface area contributed by atoms with E-state index in [0.717, 1.165) is 25.2 Å². The minimum absolute atomic E-state index is 0.618. The summed E-state index contributed by atoms with van der Waals surface area (Å²) >= 11 is 0. The van der Waals surface area contributed by atoms with Gasteiger partial charge in [0.05, 0.1) is 34.4 Å². The molecule has 0 aliphatic carbocycles. The Kier molecular flexibility index (Phi) is 6.67. The average Bonchev–Trinajstić information content (AvgIpc) is 2.46. The summed E-state index contributed by atoms with van der Waals surface area (Å²) in [5.74, 6) is 1.98. The van der Waals surface area contributed by atoms with Gasteiger partial charge < -0.3 is 19.1 Å². The predicted octanol–water partition coefficient (Wildman–Crippen LogP) is 1.47. The van der Waals surface area contributed by atoms with Gasteiger partial charge in [0.25, 0.3) is 0 Å². The van der Waals surface area contributed by atoms with E-state index >= 15 is 0 Å². The van der Waals surface area contributed by atoms with Gasteiger partial charge >= 0.3 is 0 Å². The number of rotatable bonds is 9. The number of quaternary nitrogens is 1. The van der Waals surface area contributed by atoms with E-state index in [9.17, 15) is 0 Å². The van der Waals surface area contributed by atoms with Crippen molar-refractivity contribution in [1.82, 2.24) is 0 Å². The third-order valence-corrected chi connectivity index (χ3v) is 3.04. The normalized spacial score (nSPS) is 10.2. The van der Waals surface area contributed by atoms with Crippen molar-refractivity contribution in [3.63, 3.8) is 0 Å². The second kappa shape index (κ2) is 8.27. The van der Waals surface area contributed by atoms with Crippen LogP contribution in [-0.2, 0) is 6.54 Å². The van der Waals surface area contributed by atoms with E-state index in [1.54, 1.807) is 21.3 Å². The topological polar surface area (TPSA) is 32.1 Å². The number of nitrogens with one attached hydrogen (secondary N) is 1. The molecule has 0 saturated heterocycles. The lowest BCUT2D eigenvalue weighted by atomic mass is 10.1. The van der Waals surface area contributed by atoms with Crippen molar-refractivity contribution in [2.24, 2.45) is 0 Å². The van der Waals surface area contributed by atoms with Gasteiger partial charge in [-0.15, -0.1) is 0 Å². The standard InChI is InChI=1S/C16H23NO3/c1-6-8-17(9-7-2)12-13-10-14(18-3)16(20-5)15(11-13)19-4/h6-7,10-11H,1-2,8-9,12H2,3-5H3/p+1. The highest BCUT2D eigenvalue weighted by molar-refractivity contribution is 5.53. The molecule has 1 rings (SSSR count). The number of hydrogen-bond donors (Lipinski definition) is 1. The Morgan fingerprint density at radius 1 is 0.950 bits per heavy atom. The molecular formula is C16H24NO3+. The van der Waals surface area contributed by atoms with Crippen LogP contribution in [0.25, 0.3) is 0 Å². The second-order valence-electron chi connectivity index (χ2n) is 4.45. The molecule has 0 aliphatic heterocycles. The first kappa shape index (κ1) is 16.1. The molecule has 0 spiro atoms. The minimum Gasteiger partial charge on any atom is -0.493 e. The molecule has 0 fully saturated rings. The molecule has 0 unspecified atom stereocenters. The van der Waals surface area contributed by atoms with Crippen LogP contribution in [0.15, 0.2) is 37.4 Å². The van der Waals surface area contributed by atoms with Gasteiger partial charge in [-0.2, -0.15) is 0 Å². The smallest absolute Gasteiger partial charge is 0.203 e. The van der Waals surface area contributed by atoms with E-state index < -0.39 is 0 Å². The van der Waals surface area contributed by atoms with E-state index in [2.05, 4.69) is 13.2 Å². The first-order valence-electron chi connectivity index (χ1n) is 6.54. The third-order valence-electron chi connectivity index (χ3n) is 3.04. The summed E-state index contributed by atoms with van der Waals surface area (Å²) in [5.41, 5.74) is 1.12. The molecule has 0 amide bonds. The Morgan fingerprint density at radius 2 is 1.45 bits per heavy atom. The fourth-order valence-electron chi connectivity index (χ4n) is 2.16. The van der Waals surface area contributed by atoms with Crippen LogP contribution < -0.4 is 19.1 Å². The molecule has 0 aromatic heterocycles. The van der Waals surface area contributed by atoms with Crippen molar-refractivity contribution in [1.29, 1.82) is 0 Å². The maximum Gasteiger partial charge on any atom is 0.203 e. The average molecular weight is 278 g/mol. The second-order valence-corrected chi connectivity index (χ2v) is 4.45. The van der Waals surface area contributed by atoms with Crippen LogP contribution in [-0.4, -0.2) is 34.4 Å². The molecule has 1 aromatic rings. The van der Waals surface area contributed by atoms with E-state index in [1.165, 1.54) is 4.90 Å². The highest BCUT2D eigenvalue weighted by atomic mass is 16.5. The van der Waals surface area contributed by atoms with E-state index in [0.29, 0.717) is 17.2 Å². The fourth-order valence-corrected chi connectivity index (χ4v) is 2.16. The van der Waals surface area contributed by atoms with Crippen molar-refractivity contribution < 1.29 is 19.1 Å². The van der Waals surface area contributed by atoms with E-state index in [4.69, 9.17) is 14.2 Å². The van der Waals surface area contributed by atoms with Crippen LogP contribution in [0.5, 0.6) is 17.2 Å². The van der Waals surface area contributed by atoms with Gasteiger partial charge in [-0.3, -0.25) is 0 Å². The summed E-state index contributed by atoms with van der Waals surface area (Å²) in [7, 11) is 4.85. The molecule has 110 valence electrons. The van der Waals surface area contributed by atoms with Gasteiger partial charge in [-0.1, -0.05) is 13.2 Å². The summed E-state index contributed by atoms with van der Waals surface area (Å²) in [4.78, 5) is 1.35. The van der Waals surface area contributed by atoms with E-state index in [-0.39, 0.29) is 0 Å². The van der Waals surface area contributed by atoms with Crippen LogP contribution in [0.4, 0.5) is 0 Å². The zero-order chi connectivity index (χ0) is 15.0. The SMILES string of the molecule is C=CC[NH+](CC=C)Cc1cc(OC)c(OC)c(OC)c1. The summed E-state index contributed by atoms with van der Waals surface area (Å²) in [6.07, 6.45) is 3.83. The third kappa shape index (κ3) is 4.03. The lowest BCUT2D eigenvalue weighted by molar-refractivity contribution is -0.902. The highest BCUT2D eigenvalue weighted by Crippen LogP contribution is 2.37. The van der Waals surface area contributed by atoms with Gasteiger partial charge in [0, 0.05) is 5.56 Å². The molecule has 0 atom stereocenters. The van der Waals surface area contributed by atoms with Crippen LogP contribution in [0.1, 0.15) is 5.56 Å². The van der Waals surface area contributed by atoms with Crippen LogP contribution in [0.3, 0.4) is 0 Å². The number of ether oxygens (including phenoxy) is 3. The quantitative estimate of drug-likeness (QED) is 0.694. The summed E-state index contributed by atoms with van der Waals surface area (Å²) in [6, 6.07) is 3.96. The number of hydrogen-bond acceptors (Lipinski definition) is 3. The molecule has 0 saturated carbocycles. The first-order valence-corrected chi connectivity index (χ1v) is 6.54. The first-order chi connectivity index (χ1) is 9.69. The lowest BCUT2D eigenvalue weighted by Crippen LogP contribution is -3.10. The molecule has 1 N–H and O–H groups in total. The summed E-state index contributed by atoms with van der Waals surface area (Å²) in [5, 5.41) is 0. The molecule has 4 heteroatoms. The van der Waals surface area contributed by atoms with Crippen molar-refractivity contribution in [2.75, 3.05) is 34.4 Å². The van der Waals surface area contributed by atoms with Crippen molar-refractivity contribution in [3.05, 3.63) is 43.0 Å². The van der Waals surface area contributed by atoms with Gasteiger partial charge in [0.1, 0.15) is 6.54 Å². The molecule has 0 aliphatic rings. The summed E-state index contributed by atoms with van der Waals surface area (Å²) < 4.78 is 16.1. The Labute approximate surface area is 121 Å². The minimum atomic E-state index is 0.618. The van der Waals surface area contributed by atoms with Gasteiger partial charge in [-0.05, 0) is 24.3 Å². The number of benzene rings is 1. The summed E-state index contributed by atoms with van der Waals surface area (Å²) in [6.45, 7) is 10.2. The molecule has 1 aromatic carbocycles. The highest BCUT2D eigenvalue weighted by Gasteiger charge is 2.15. The molecule has 0 bridgehead atoms. The van der Waals surface area contributed by atoms with E-state index in [1.807, 2.05) is 24.3 Å². The molecule has 20 heavy (non-hydrogen) atoms. The van der Waals surface area contributed by atoms with Crippen molar-refractivity contribution >= 4 is 0 Å². The molecule has 0 radical (unpaired) electrons. The zero-order valence-corrected chi connectivity index (χ0v) is 12.6. The Bertz CT molecular complexity index is 422. The Balaban J connectivity index is 3.05. The molecule has 4 nitrogen and oxygen atoms in total. The van der Waals surface area contributed by atoms with Gasteiger partial charge in [0.15, 0.2) is 11.5 Å². The fraction of sp³-hybridized carbons (Fsp3) is 0.375. The lowest BCUT2D eigenvalue weighted by Gasteiger charge is -2.18. The molecule has 0 heterocycles. The predicted molar refractivity (Wildman–Crippen MR) is 80.9 cm³/mol. The maximum absolute atomic E-state index is 5.37. The van der Waals surface area contributed by atoms with Crippen LogP contribution >= 0.6 is 0 Å². The largest absolute Gasteiger partial charge is 0.493 e. The zero-order valence-electron chi connectivity index (χ0n) is 12.6. The van der Waals surface area contributed by atoms with Crippen LogP contribution in [0.2, 0.25) is 0 Å². The maximum atomic E-state index is 5.37. The monoisotopic (exact) mass is 278 g/mol. The number of methoxy groups -OCH3 is 3. The van der Waals surface area contributed by atoms with Gasteiger partial charge in [0.2, 0.25) is 5.75 Å². The molecular weight excluding hydrogens is 254 g/mol. The Morgan fingerprint density at radius 3 is 1.80 bits per heavy atom.